The van der Waals surface area contributed by atoms with E-state index >= 15 is 0 Å². The van der Waals surface area contributed by atoms with Crippen molar-refractivity contribution in [3.8, 4) is 0 Å². The quantitative estimate of drug-likeness (QED) is 0.501. The lowest BCUT2D eigenvalue weighted by Crippen LogP contribution is -2.59. The summed E-state index contributed by atoms with van der Waals surface area (Å²) in [5.74, 6) is 0. The minimum Gasteiger partial charge on any atom is -0.387 e. The molecule has 6 nitrogen and oxygen atoms in total. The van der Waals surface area contributed by atoms with E-state index in [2.05, 4.69) is 0 Å². The van der Waals surface area contributed by atoms with Crippen molar-refractivity contribution in [3.05, 3.63) is 0 Å². The van der Waals surface area contributed by atoms with Gasteiger partial charge in [0.25, 0.3) is 0 Å². The monoisotopic (exact) mass is 208 g/mol. The maximum absolute atomic E-state index is 9.54. The Morgan fingerprint density at radius 1 is 1.14 bits per heavy atom. The van der Waals surface area contributed by atoms with Crippen LogP contribution in [0, 0.1) is 0 Å². The zero-order valence-corrected chi connectivity index (χ0v) is 8.16. The molecule has 0 bridgehead atoms. The first-order chi connectivity index (χ1) is 6.61. The van der Waals surface area contributed by atoms with Gasteiger partial charge in [-0.25, -0.2) is 0 Å². The normalized spacial score (nSPS) is 43.9. The van der Waals surface area contributed by atoms with Crippen molar-refractivity contribution in [3.63, 3.8) is 0 Å². The highest BCUT2D eigenvalue weighted by molar-refractivity contribution is 4.89. The molecular formula is C8H16O6. The van der Waals surface area contributed by atoms with E-state index in [9.17, 15) is 15.3 Å². The van der Waals surface area contributed by atoms with Gasteiger partial charge < -0.3 is 29.5 Å². The maximum atomic E-state index is 9.54. The summed E-state index contributed by atoms with van der Waals surface area (Å²) in [5, 5.41) is 28.5. The Bertz CT molecular complexity index is 173. The van der Waals surface area contributed by atoms with E-state index in [1.165, 1.54) is 14.2 Å². The topological polar surface area (TPSA) is 88.4 Å². The third-order valence-corrected chi connectivity index (χ3v) is 2.27. The van der Waals surface area contributed by atoms with Gasteiger partial charge in [0.15, 0.2) is 6.29 Å². The number of hydrogen-bond donors (Lipinski definition) is 3. The Kier molecular flexibility index (Phi) is 4.24. The molecule has 0 aromatic carbocycles. The van der Waals surface area contributed by atoms with Crippen molar-refractivity contribution in [2.24, 2.45) is 0 Å². The highest BCUT2D eigenvalue weighted by Crippen LogP contribution is 2.21. The van der Waals surface area contributed by atoms with E-state index in [-0.39, 0.29) is 6.61 Å². The third-order valence-electron chi connectivity index (χ3n) is 2.27. The van der Waals surface area contributed by atoms with Crippen LogP contribution >= 0.6 is 0 Å². The summed E-state index contributed by atoms with van der Waals surface area (Å²) in [7, 11) is 2.76. The van der Waals surface area contributed by atoms with Gasteiger partial charge in [0.2, 0.25) is 0 Å². The first-order valence-corrected chi connectivity index (χ1v) is 4.33. The molecule has 1 aliphatic heterocycles. The van der Waals surface area contributed by atoms with Crippen molar-refractivity contribution in [1.82, 2.24) is 0 Å². The van der Waals surface area contributed by atoms with Crippen molar-refractivity contribution < 1.29 is 29.5 Å². The van der Waals surface area contributed by atoms with Gasteiger partial charge in [0.1, 0.15) is 24.4 Å². The zero-order valence-electron chi connectivity index (χ0n) is 8.16. The molecule has 1 rings (SSSR count). The van der Waals surface area contributed by atoms with E-state index in [1.807, 2.05) is 0 Å². The molecule has 1 saturated heterocycles. The highest BCUT2D eigenvalue weighted by atomic mass is 16.7. The zero-order chi connectivity index (χ0) is 10.7. The number of rotatable bonds is 3. The second-order valence-corrected chi connectivity index (χ2v) is 3.20. The second kappa shape index (κ2) is 5.01. The van der Waals surface area contributed by atoms with Gasteiger partial charge in [-0.2, -0.15) is 0 Å². The summed E-state index contributed by atoms with van der Waals surface area (Å²) in [6.07, 6.45) is -5.22. The lowest BCUT2D eigenvalue weighted by Gasteiger charge is -2.39. The van der Waals surface area contributed by atoms with E-state index < -0.39 is 30.7 Å². The molecule has 3 N–H and O–H groups in total. The smallest absolute Gasteiger partial charge is 0.184 e. The Morgan fingerprint density at radius 2 is 1.79 bits per heavy atom. The lowest BCUT2D eigenvalue weighted by atomic mass is 9.99. The van der Waals surface area contributed by atoms with Crippen LogP contribution in [-0.2, 0) is 14.2 Å². The minimum absolute atomic E-state index is 0.103. The van der Waals surface area contributed by atoms with Gasteiger partial charge in [-0.05, 0) is 0 Å². The van der Waals surface area contributed by atoms with Crippen LogP contribution in [0.3, 0.4) is 0 Å². The molecule has 14 heavy (non-hydrogen) atoms. The van der Waals surface area contributed by atoms with Gasteiger partial charge in [-0.3, -0.25) is 0 Å². The lowest BCUT2D eigenvalue weighted by molar-refractivity contribution is -0.292. The predicted molar refractivity (Wildman–Crippen MR) is 45.6 cm³/mol. The Labute approximate surface area is 82.0 Å². The van der Waals surface area contributed by atoms with Crippen LogP contribution in [0.15, 0.2) is 0 Å². The van der Waals surface area contributed by atoms with E-state index in [0.717, 1.165) is 0 Å². The predicted octanol–water partition coefficient (Wildman–Crippen LogP) is -1.91. The summed E-state index contributed by atoms with van der Waals surface area (Å²) in [6.45, 7) is 0.103. The van der Waals surface area contributed by atoms with Gasteiger partial charge in [-0.15, -0.1) is 0 Å². The van der Waals surface area contributed by atoms with Crippen molar-refractivity contribution >= 4 is 0 Å². The molecule has 84 valence electrons. The van der Waals surface area contributed by atoms with Crippen LogP contribution in [0.25, 0.3) is 0 Å². The minimum atomic E-state index is -1.25. The molecule has 0 aliphatic carbocycles. The Morgan fingerprint density at radius 3 is 2.29 bits per heavy atom. The highest BCUT2D eigenvalue weighted by Gasteiger charge is 2.43. The number of ether oxygens (including phenoxy) is 3. The van der Waals surface area contributed by atoms with Gasteiger partial charge in [-0.1, -0.05) is 0 Å². The van der Waals surface area contributed by atoms with Crippen LogP contribution in [0.5, 0.6) is 0 Å². The average Bonchev–Trinajstić information content (AvgIpc) is 2.15. The van der Waals surface area contributed by atoms with Crippen LogP contribution in [0.2, 0.25) is 0 Å². The summed E-state index contributed by atoms with van der Waals surface area (Å²) in [6, 6.07) is 0. The van der Waals surface area contributed by atoms with Crippen LogP contribution < -0.4 is 0 Å². The van der Waals surface area contributed by atoms with Crippen molar-refractivity contribution in [2.45, 2.75) is 30.7 Å². The molecular weight excluding hydrogens is 192 g/mol. The number of aliphatic hydroxyl groups is 3. The molecule has 6 heteroatoms. The molecule has 0 unspecified atom stereocenters. The molecule has 0 aromatic heterocycles. The van der Waals surface area contributed by atoms with Gasteiger partial charge in [0.05, 0.1) is 6.61 Å². The fraction of sp³-hybridized carbons (Fsp3) is 1.00. The van der Waals surface area contributed by atoms with E-state index in [0.29, 0.717) is 0 Å². The molecule has 1 heterocycles. The molecule has 0 saturated carbocycles. The van der Waals surface area contributed by atoms with E-state index in [1.54, 1.807) is 0 Å². The fourth-order valence-electron chi connectivity index (χ4n) is 1.48. The van der Waals surface area contributed by atoms with Gasteiger partial charge >= 0.3 is 0 Å². The summed E-state index contributed by atoms with van der Waals surface area (Å²) in [5.41, 5.74) is 0. The molecule has 0 amide bonds. The average molecular weight is 208 g/mol. The summed E-state index contributed by atoms with van der Waals surface area (Å²) >= 11 is 0. The summed E-state index contributed by atoms with van der Waals surface area (Å²) < 4.78 is 14.6. The molecule has 0 spiro atoms. The fourth-order valence-corrected chi connectivity index (χ4v) is 1.48. The van der Waals surface area contributed by atoms with Gasteiger partial charge in [0, 0.05) is 14.2 Å². The van der Waals surface area contributed by atoms with Crippen molar-refractivity contribution in [1.29, 1.82) is 0 Å². The summed E-state index contributed by atoms with van der Waals surface area (Å²) in [4.78, 5) is 0. The number of hydrogen-bond acceptors (Lipinski definition) is 6. The molecule has 1 aliphatic rings. The molecule has 1 fully saturated rings. The SMILES string of the molecule is COC[C@H]1O[C@H](O)[C@H](OC)[C@@H](O)[C@@H]1O. The standard InChI is InChI=1S/C8H16O6/c1-12-3-4-5(9)6(10)7(13-2)8(11)14-4/h4-11H,3H2,1-2H3/t4-,5-,6+,7-,8+/m1/s1. The third kappa shape index (κ3) is 2.22. The van der Waals surface area contributed by atoms with Crippen LogP contribution in [-0.4, -0.2) is 66.9 Å². The Hall–Kier alpha value is -0.240. The second-order valence-electron chi connectivity index (χ2n) is 3.20. The van der Waals surface area contributed by atoms with Crippen molar-refractivity contribution in [2.75, 3.05) is 20.8 Å². The van der Waals surface area contributed by atoms with Crippen LogP contribution in [0.1, 0.15) is 0 Å². The largest absolute Gasteiger partial charge is 0.387 e. The first kappa shape index (κ1) is 11.8. The number of methoxy groups -OCH3 is 2. The molecule has 5 atom stereocenters. The number of aliphatic hydroxyl groups excluding tert-OH is 3. The maximum Gasteiger partial charge on any atom is 0.184 e. The van der Waals surface area contributed by atoms with Crippen LogP contribution in [0.4, 0.5) is 0 Å². The molecule has 0 aromatic rings. The Balaban J connectivity index is 2.62. The molecule has 0 radical (unpaired) electrons. The first-order valence-electron chi connectivity index (χ1n) is 4.33. The van der Waals surface area contributed by atoms with E-state index in [4.69, 9.17) is 14.2 Å².